The molecule has 1 aromatic carbocycles. The normalized spacial score (nSPS) is 19.9. The van der Waals surface area contributed by atoms with Crippen molar-refractivity contribution in [2.45, 2.75) is 19.4 Å². The van der Waals surface area contributed by atoms with Gasteiger partial charge >= 0.3 is 0 Å². The highest BCUT2D eigenvalue weighted by molar-refractivity contribution is 7.92. The zero-order valence-electron chi connectivity index (χ0n) is 9.34. The molecule has 1 N–H and O–H groups in total. The highest BCUT2D eigenvalue weighted by atomic mass is 32.2. The molecule has 0 radical (unpaired) electrons. The van der Waals surface area contributed by atoms with Gasteiger partial charge in [0.2, 0.25) is 10.0 Å². The second-order valence-electron chi connectivity index (χ2n) is 4.18. The summed E-state index contributed by atoms with van der Waals surface area (Å²) in [7, 11) is -3.33. The number of hydrogen-bond acceptors (Lipinski definition) is 3. The third kappa shape index (κ3) is 1.70. The number of fused-ring (bicyclic) bond motifs is 1. The molecule has 0 saturated heterocycles. The van der Waals surface area contributed by atoms with Gasteiger partial charge in [-0.2, -0.15) is 0 Å². The Kier molecular flexibility index (Phi) is 2.67. The Hall–Kier alpha value is -1.07. The fraction of sp³-hybridized carbons (Fsp3) is 0.455. The lowest BCUT2D eigenvalue weighted by Gasteiger charge is -2.24. The maximum absolute atomic E-state index is 11.7. The average molecular weight is 241 g/mol. The van der Waals surface area contributed by atoms with E-state index in [1.165, 1.54) is 10.6 Å². The van der Waals surface area contributed by atoms with Crippen molar-refractivity contribution < 1.29 is 13.5 Å². The second kappa shape index (κ2) is 3.75. The van der Waals surface area contributed by atoms with Crippen molar-refractivity contribution in [2.75, 3.05) is 17.2 Å². The zero-order chi connectivity index (χ0) is 11.9. The zero-order valence-corrected chi connectivity index (χ0v) is 10.2. The van der Waals surface area contributed by atoms with E-state index in [0.29, 0.717) is 6.42 Å². The Labute approximate surface area is 95.6 Å². The number of rotatable bonds is 2. The molecule has 1 unspecified atom stereocenters. The Morgan fingerprint density at radius 3 is 2.75 bits per heavy atom. The van der Waals surface area contributed by atoms with Crippen molar-refractivity contribution in [1.82, 2.24) is 0 Å². The molecule has 0 fully saturated rings. The van der Waals surface area contributed by atoms with Gasteiger partial charge in [-0.3, -0.25) is 4.31 Å². The second-order valence-corrected chi connectivity index (χ2v) is 6.04. The van der Waals surface area contributed by atoms with Gasteiger partial charge in [-0.15, -0.1) is 0 Å². The number of nitrogens with zero attached hydrogens (tertiary/aromatic N) is 1. The SMILES string of the molecule is Cc1cccc2c1N(S(C)(=O)=O)C(CO)C2. The summed E-state index contributed by atoms with van der Waals surface area (Å²) in [6, 6.07) is 5.35. The van der Waals surface area contributed by atoms with E-state index in [1.807, 2.05) is 25.1 Å². The largest absolute Gasteiger partial charge is 0.394 e. The van der Waals surface area contributed by atoms with E-state index in [9.17, 15) is 13.5 Å². The Morgan fingerprint density at radius 1 is 1.50 bits per heavy atom. The first kappa shape index (κ1) is 11.4. The highest BCUT2D eigenvalue weighted by Crippen LogP contribution is 2.36. The summed E-state index contributed by atoms with van der Waals surface area (Å²) in [4.78, 5) is 0. The van der Waals surface area contributed by atoms with E-state index in [0.717, 1.165) is 16.8 Å². The van der Waals surface area contributed by atoms with E-state index in [2.05, 4.69) is 0 Å². The molecule has 1 aliphatic rings. The summed E-state index contributed by atoms with van der Waals surface area (Å²) in [5.41, 5.74) is 2.66. The smallest absolute Gasteiger partial charge is 0.232 e. The van der Waals surface area contributed by atoms with Crippen LogP contribution in [0.5, 0.6) is 0 Å². The van der Waals surface area contributed by atoms with Crippen LogP contribution in [0.2, 0.25) is 0 Å². The third-order valence-electron chi connectivity index (χ3n) is 2.90. The van der Waals surface area contributed by atoms with E-state index < -0.39 is 10.0 Å². The maximum Gasteiger partial charge on any atom is 0.232 e. The Bertz CT molecular complexity index is 510. The lowest BCUT2D eigenvalue weighted by Crippen LogP contribution is -2.39. The topological polar surface area (TPSA) is 57.6 Å². The number of hydrogen-bond donors (Lipinski definition) is 1. The van der Waals surface area contributed by atoms with Crippen LogP contribution < -0.4 is 4.31 Å². The molecule has 88 valence electrons. The summed E-state index contributed by atoms with van der Waals surface area (Å²) >= 11 is 0. The number of para-hydroxylation sites is 1. The molecule has 0 spiro atoms. The third-order valence-corrected chi connectivity index (χ3v) is 4.09. The molecule has 0 bridgehead atoms. The average Bonchev–Trinajstić information content (AvgIpc) is 2.57. The Balaban J connectivity index is 2.61. The van der Waals surface area contributed by atoms with E-state index in [1.54, 1.807) is 0 Å². The van der Waals surface area contributed by atoms with E-state index in [4.69, 9.17) is 0 Å². The number of aliphatic hydroxyl groups excluding tert-OH is 1. The molecule has 0 saturated carbocycles. The lowest BCUT2D eigenvalue weighted by atomic mass is 10.1. The Morgan fingerprint density at radius 2 is 2.19 bits per heavy atom. The number of sulfonamides is 1. The molecule has 0 aliphatic carbocycles. The summed E-state index contributed by atoms with van der Waals surface area (Å²) in [6.07, 6.45) is 1.76. The molecule has 5 heteroatoms. The monoisotopic (exact) mass is 241 g/mol. The number of aryl methyl sites for hydroxylation is 1. The minimum absolute atomic E-state index is 0.152. The van der Waals surface area contributed by atoms with E-state index >= 15 is 0 Å². The van der Waals surface area contributed by atoms with Gasteiger partial charge in [-0.1, -0.05) is 18.2 Å². The molecular formula is C11H15NO3S. The fourth-order valence-electron chi connectivity index (χ4n) is 2.29. The molecule has 1 heterocycles. The maximum atomic E-state index is 11.7. The van der Waals surface area contributed by atoms with Crippen molar-refractivity contribution in [1.29, 1.82) is 0 Å². The molecule has 1 aliphatic heterocycles. The van der Waals surface area contributed by atoms with Gasteiger partial charge in [0.1, 0.15) is 0 Å². The van der Waals surface area contributed by atoms with Crippen LogP contribution in [0.15, 0.2) is 18.2 Å². The van der Waals surface area contributed by atoms with Crippen LogP contribution in [0.4, 0.5) is 5.69 Å². The molecule has 0 aromatic heterocycles. The van der Waals surface area contributed by atoms with Crippen molar-refractivity contribution >= 4 is 15.7 Å². The molecular weight excluding hydrogens is 226 g/mol. The molecule has 4 nitrogen and oxygen atoms in total. The van der Waals surface area contributed by atoms with Gasteiger partial charge in [0.05, 0.1) is 24.6 Å². The van der Waals surface area contributed by atoms with Gasteiger partial charge in [0.15, 0.2) is 0 Å². The van der Waals surface area contributed by atoms with Crippen LogP contribution in [0.25, 0.3) is 0 Å². The summed E-state index contributed by atoms with van der Waals surface area (Å²) in [6.45, 7) is 1.73. The minimum Gasteiger partial charge on any atom is -0.394 e. The lowest BCUT2D eigenvalue weighted by molar-refractivity contribution is 0.270. The van der Waals surface area contributed by atoms with Gasteiger partial charge in [-0.25, -0.2) is 8.42 Å². The van der Waals surface area contributed by atoms with Crippen molar-refractivity contribution in [2.24, 2.45) is 0 Å². The summed E-state index contributed by atoms with van der Waals surface area (Å²) < 4.78 is 24.8. The van der Waals surface area contributed by atoms with Crippen LogP contribution >= 0.6 is 0 Å². The van der Waals surface area contributed by atoms with Gasteiger partial charge in [0.25, 0.3) is 0 Å². The molecule has 1 atom stereocenters. The quantitative estimate of drug-likeness (QED) is 0.828. The minimum atomic E-state index is -3.33. The summed E-state index contributed by atoms with van der Waals surface area (Å²) in [5.74, 6) is 0. The molecule has 16 heavy (non-hydrogen) atoms. The van der Waals surface area contributed by atoms with Crippen LogP contribution in [0.3, 0.4) is 0 Å². The van der Waals surface area contributed by atoms with Crippen LogP contribution in [-0.4, -0.2) is 32.4 Å². The van der Waals surface area contributed by atoms with Gasteiger partial charge in [-0.05, 0) is 24.5 Å². The van der Waals surface area contributed by atoms with Crippen molar-refractivity contribution in [3.05, 3.63) is 29.3 Å². The summed E-state index contributed by atoms with van der Waals surface area (Å²) in [5, 5.41) is 9.26. The van der Waals surface area contributed by atoms with Gasteiger partial charge < -0.3 is 5.11 Å². The van der Waals surface area contributed by atoms with Crippen LogP contribution in [0.1, 0.15) is 11.1 Å². The number of benzene rings is 1. The number of aliphatic hydroxyl groups is 1. The van der Waals surface area contributed by atoms with Crippen LogP contribution in [0, 0.1) is 6.92 Å². The van der Waals surface area contributed by atoms with Crippen LogP contribution in [-0.2, 0) is 16.4 Å². The molecule has 0 amide bonds. The molecule has 1 aromatic rings. The van der Waals surface area contributed by atoms with Crippen molar-refractivity contribution in [3.8, 4) is 0 Å². The van der Waals surface area contributed by atoms with Gasteiger partial charge in [0, 0.05) is 0 Å². The fourth-order valence-corrected chi connectivity index (χ4v) is 3.57. The predicted octanol–water partition coefficient (Wildman–Crippen LogP) is 0.678. The standard InChI is InChI=1S/C11H15NO3S/c1-8-4-3-5-9-6-10(7-13)12(11(8)9)16(2,14)15/h3-5,10,13H,6-7H2,1-2H3. The van der Waals surface area contributed by atoms with Crippen molar-refractivity contribution in [3.63, 3.8) is 0 Å². The van der Waals surface area contributed by atoms with E-state index in [-0.39, 0.29) is 12.6 Å². The molecule has 2 rings (SSSR count). The first-order valence-corrected chi connectivity index (χ1v) is 6.98. The first-order valence-electron chi connectivity index (χ1n) is 5.14. The first-order chi connectivity index (χ1) is 7.45. The number of anilines is 1. The highest BCUT2D eigenvalue weighted by Gasteiger charge is 2.35. The predicted molar refractivity (Wildman–Crippen MR) is 63.1 cm³/mol.